The van der Waals surface area contributed by atoms with Gasteiger partial charge in [0.2, 0.25) is 0 Å². The number of allylic oxidation sites excluding steroid dienone is 12. The minimum atomic E-state index is -0.549. The molecule has 68 heavy (non-hydrogen) atoms. The third-order valence-electron chi connectivity index (χ3n) is 12.7. The van der Waals surface area contributed by atoms with Crippen molar-refractivity contribution >= 4 is 11.9 Å². The molecule has 0 saturated heterocycles. The van der Waals surface area contributed by atoms with Crippen LogP contribution in [0.4, 0.5) is 0 Å². The van der Waals surface area contributed by atoms with E-state index in [1.54, 1.807) is 0 Å². The molecule has 0 rings (SSSR count). The fourth-order valence-electron chi connectivity index (χ4n) is 8.36. The van der Waals surface area contributed by atoms with E-state index in [1.807, 2.05) is 0 Å². The molecule has 0 heterocycles. The van der Waals surface area contributed by atoms with Crippen molar-refractivity contribution < 1.29 is 23.8 Å². The van der Waals surface area contributed by atoms with Crippen LogP contribution in [0.2, 0.25) is 0 Å². The molecule has 1 unspecified atom stereocenters. The first-order valence-electron chi connectivity index (χ1n) is 29.5. The predicted molar refractivity (Wildman–Crippen MR) is 297 cm³/mol. The minimum absolute atomic E-state index is 0.0761. The summed E-state index contributed by atoms with van der Waals surface area (Å²) >= 11 is 0. The van der Waals surface area contributed by atoms with Gasteiger partial charge in [-0.2, -0.15) is 0 Å². The van der Waals surface area contributed by atoms with Gasteiger partial charge in [-0.05, 0) is 89.9 Å². The maximum absolute atomic E-state index is 12.9. The van der Waals surface area contributed by atoms with E-state index in [2.05, 4.69) is 93.7 Å². The van der Waals surface area contributed by atoms with Crippen molar-refractivity contribution in [3.8, 4) is 0 Å². The molecule has 1 atom stereocenters. The van der Waals surface area contributed by atoms with Gasteiger partial charge < -0.3 is 14.2 Å². The molecule has 0 spiro atoms. The summed E-state index contributed by atoms with van der Waals surface area (Å²) in [4.78, 5) is 25.5. The Morgan fingerprint density at radius 2 is 0.662 bits per heavy atom. The Hall–Kier alpha value is -2.66. The highest BCUT2D eigenvalue weighted by Gasteiger charge is 2.17. The Labute approximate surface area is 423 Å². The molecule has 5 nitrogen and oxygen atoms in total. The van der Waals surface area contributed by atoms with Gasteiger partial charge in [-0.1, -0.05) is 261 Å². The lowest BCUT2D eigenvalue weighted by atomic mass is 10.0. The van der Waals surface area contributed by atoms with Crippen LogP contribution in [-0.4, -0.2) is 37.9 Å². The number of rotatable bonds is 54. The average Bonchev–Trinajstić information content (AvgIpc) is 3.34. The van der Waals surface area contributed by atoms with Gasteiger partial charge in [-0.3, -0.25) is 9.59 Å². The molecule has 0 aliphatic heterocycles. The van der Waals surface area contributed by atoms with Gasteiger partial charge in [-0.15, -0.1) is 0 Å². The van der Waals surface area contributed by atoms with Crippen molar-refractivity contribution in [2.75, 3.05) is 19.8 Å². The Bertz CT molecular complexity index is 1210. The van der Waals surface area contributed by atoms with Crippen molar-refractivity contribution in [3.63, 3.8) is 0 Å². The summed E-state index contributed by atoms with van der Waals surface area (Å²) in [5.41, 5.74) is 0. The van der Waals surface area contributed by atoms with Crippen LogP contribution in [-0.2, 0) is 23.8 Å². The SMILES string of the molecule is CC/C=C\C/C=C\C/C=C\C/C=C\CCCCCCCOCC(COC(=O)CCCCCCCCCCC/C=C\C/C=C\CCCCC)OC(=O)CCCCCCCCCCCCCCCCC. The number of hydrogen-bond donors (Lipinski definition) is 0. The third-order valence-corrected chi connectivity index (χ3v) is 12.7. The number of carbonyl (C=O) groups excluding carboxylic acids is 2. The van der Waals surface area contributed by atoms with Crippen molar-refractivity contribution in [1.82, 2.24) is 0 Å². The normalized spacial score (nSPS) is 12.7. The first-order chi connectivity index (χ1) is 33.6. The van der Waals surface area contributed by atoms with Crippen LogP contribution in [0.15, 0.2) is 72.9 Å². The van der Waals surface area contributed by atoms with E-state index in [0.29, 0.717) is 19.4 Å². The lowest BCUT2D eigenvalue weighted by Gasteiger charge is -2.18. The van der Waals surface area contributed by atoms with Crippen molar-refractivity contribution in [1.29, 1.82) is 0 Å². The summed E-state index contributed by atoms with van der Waals surface area (Å²) < 4.78 is 17.5. The van der Waals surface area contributed by atoms with Crippen LogP contribution in [0.1, 0.15) is 290 Å². The van der Waals surface area contributed by atoms with E-state index in [9.17, 15) is 9.59 Å². The zero-order valence-electron chi connectivity index (χ0n) is 45.4. The molecule has 0 radical (unpaired) electrons. The van der Waals surface area contributed by atoms with E-state index >= 15 is 0 Å². The molecular weight excluding hydrogens is 837 g/mol. The molecule has 0 aromatic carbocycles. The molecule has 5 heteroatoms. The van der Waals surface area contributed by atoms with Gasteiger partial charge in [0.1, 0.15) is 6.61 Å². The minimum Gasteiger partial charge on any atom is -0.462 e. The zero-order valence-corrected chi connectivity index (χ0v) is 45.4. The van der Waals surface area contributed by atoms with E-state index in [-0.39, 0.29) is 25.2 Å². The highest BCUT2D eigenvalue weighted by atomic mass is 16.6. The third kappa shape index (κ3) is 55.9. The molecular formula is C63H112O5. The second kappa shape index (κ2) is 58.7. The summed E-state index contributed by atoms with van der Waals surface area (Å²) in [6, 6.07) is 0. The lowest BCUT2D eigenvalue weighted by molar-refractivity contribution is -0.163. The van der Waals surface area contributed by atoms with Crippen LogP contribution < -0.4 is 0 Å². The lowest BCUT2D eigenvalue weighted by Crippen LogP contribution is -2.30. The molecule has 0 fully saturated rings. The van der Waals surface area contributed by atoms with Gasteiger partial charge in [-0.25, -0.2) is 0 Å². The maximum Gasteiger partial charge on any atom is 0.306 e. The number of ether oxygens (including phenoxy) is 3. The highest BCUT2D eigenvalue weighted by Crippen LogP contribution is 2.16. The number of hydrogen-bond acceptors (Lipinski definition) is 5. The quantitative estimate of drug-likeness (QED) is 0.0345. The Kier molecular flexibility index (Phi) is 56.4. The van der Waals surface area contributed by atoms with E-state index in [0.717, 1.165) is 77.0 Å². The Morgan fingerprint density at radius 1 is 0.338 bits per heavy atom. The van der Waals surface area contributed by atoms with Gasteiger partial charge in [0.05, 0.1) is 6.61 Å². The number of carbonyl (C=O) groups is 2. The molecule has 0 bridgehead atoms. The zero-order chi connectivity index (χ0) is 49.2. The summed E-state index contributed by atoms with van der Waals surface area (Å²) in [6.07, 6.45) is 76.3. The van der Waals surface area contributed by atoms with Crippen molar-refractivity contribution in [2.45, 2.75) is 297 Å². The molecule has 0 aliphatic carbocycles. The van der Waals surface area contributed by atoms with Crippen LogP contribution in [0.3, 0.4) is 0 Å². The molecule has 0 amide bonds. The van der Waals surface area contributed by atoms with E-state index in [1.165, 1.54) is 180 Å². The van der Waals surface area contributed by atoms with Crippen LogP contribution in [0.5, 0.6) is 0 Å². The van der Waals surface area contributed by atoms with Gasteiger partial charge >= 0.3 is 11.9 Å². The molecule has 0 N–H and O–H groups in total. The summed E-state index contributed by atoms with van der Waals surface area (Å²) in [5, 5.41) is 0. The molecule has 0 saturated carbocycles. The summed E-state index contributed by atoms with van der Waals surface area (Å²) in [5.74, 6) is -0.401. The van der Waals surface area contributed by atoms with Crippen LogP contribution in [0, 0.1) is 0 Å². The second-order valence-electron chi connectivity index (χ2n) is 19.5. The predicted octanol–water partition coefficient (Wildman–Crippen LogP) is 20.2. The topological polar surface area (TPSA) is 61.8 Å². The van der Waals surface area contributed by atoms with Gasteiger partial charge in [0.15, 0.2) is 6.10 Å². The Morgan fingerprint density at radius 3 is 1.09 bits per heavy atom. The molecule has 0 aliphatic rings. The molecule has 0 aromatic rings. The fourth-order valence-corrected chi connectivity index (χ4v) is 8.36. The second-order valence-corrected chi connectivity index (χ2v) is 19.5. The monoisotopic (exact) mass is 949 g/mol. The van der Waals surface area contributed by atoms with Gasteiger partial charge in [0, 0.05) is 19.4 Å². The van der Waals surface area contributed by atoms with Gasteiger partial charge in [0.25, 0.3) is 0 Å². The first-order valence-corrected chi connectivity index (χ1v) is 29.5. The molecule has 0 aromatic heterocycles. The summed E-state index contributed by atoms with van der Waals surface area (Å²) in [7, 11) is 0. The molecule has 394 valence electrons. The van der Waals surface area contributed by atoms with Crippen molar-refractivity contribution in [2.24, 2.45) is 0 Å². The Balaban J connectivity index is 4.29. The summed E-state index contributed by atoms with van der Waals surface area (Å²) in [6.45, 7) is 7.69. The smallest absolute Gasteiger partial charge is 0.306 e. The van der Waals surface area contributed by atoms with E-state index < -0.39 is 6.10 Å². The van der Waals surface area contributed by atoms with Crippen molar-refractivity contribution in [3.05, 3.63) is 72.9 Å². The fraction of sp³-hybridized carbons (Fsp3) is 0.778. The number of esters is 2. The largest absolute Gasteiger partial charge is 0.462 e. The van der Waals surface area contributed by atoms with E-state index in [4.69, 9.17) is 14.2 Å². The maximum atomic E-state index is 12.9. The van der Waals surface area contributed by atoms with Crippen LogP contribution >= 0.6 is 0 Å². The highest BCUT2D eigenvalue weighted by molar-refractivity contribution is 5.70. The first kappa shape index (κ1) is 65.3. The number of unbranched alkanes of at least 4 members (excludes halogenated alkanes) is 31. The standard InChI is InChI=1S/C63H112O5/c1-4-7-10-13-16-19-22-25-28-30-32-33-36-38-41-44-47-50-53-56-62(64)67-60-61(68-63(65)57-54-51-48-45-42-39-35-27-24-21-18-15-12-9-6-3)59-66-58-55-52-49-46-43-40-37-34-31-29-26-23-20-17-14-11-8-5-2/h8,11,16-17,19-20,25-26,28-29,34,37,61H,4-7,9-10,12-15,18,21-24,27,30-33,35-36,38-60H2,1-3H3/b11-8-,19-16-,20-17-,28-25-,29-26-,37-34-. The van der Waals surface area contributed by atoms with Crippen LogP contribution in [0.25, 0.3) is 0 Å². The average molecular weight is 950 g/mol.